The van der Waals surface area contributed by atoms with Crippen molar-refractivity contribution in [3.05, 3.63) is 29.3 Å². The first kappa shape index (κ1) is 20.9. The average Bonchev–Trinajstić information content (AvgIpc) is 3.17. The van der Waals surface area contributed by atoms with Crippen molar-refractivity contribution >= 4 is 33.2 Å². The van der Waals surface area contributed by atoms with Crippen LogP contribution in [0.1, 0.15) is 61.2 Å². The zero-order chi connectivity index (χ0) is 20.0. The van der Waals surface area contributed by atoms with Gasteiger partial charge in [-0.15, -0.1) is 11.3 Å². The van der Waals surface area contributed by atoms with Crippen LogP contribution in [0.25, 0.3) is 10.2 Å². The van der Waals surface area contributed by atoms with Gasteiger partial charge in [0.05, 0.1) is 16.3 Å². The van der Waals surface area contributed by atoms with Crippen molar-refractivity contribution in [2.75, 3.05) is 13.7 Å². The maximum atomic E-state index is 13.2. The van der Waals surface area contributed by atoms with Gasteiger partial charge in [0.25, 0.3) is 5.91 Å². The van der Waals surface area contributed by atoms with Crippen molar-refractivity contribution in [2.45, 2.75) is 63.0 Å². The number of para-hydroxylation sites is 1. The second kappa shape index (κ2) is 9.58. The number of ether oxygens (including phenoxy) is 1. The number of nitrogens with zero attached hydrogens (tertiary/aromatic N) is 1. The molecule has 3 rings (SSSR count). The molecule has 0 saturated heterocycles. The largest absolute Gasteiger partial charge is 0.368 e. The van der Waals surface area contributed by atoms with Crippen molar-refractivity contribution < 1.29 is 14.3 Å². The number of methoxy groups -OCH3 is 1. The van der Waals surface area contributed by atoms with Crippen molar-refractivity contribution in [1.29, 1.82) is 0 Å². The summed E-state index contributed by atoms with van der Waals surface area (Å²) in [6.07, 6.45) is 6.57. The fourth-order valence-electron chi connectivity index (χ4n) is 3.82. The standard InChI is InChI=1S/C21H29N3O3S/c1-27-21(12-6-2-7-13-21)20(26)24-16(10-5-8-14-22)18(25)19-23-15-9-3-4-11-17(15)28-19/h3-4,9,11,16H,2,5-8,10,12-14,22H2,1H3,(H,24,26). The Labute approximate surface area is 169 Å². The fraction of sp³-hybridized carbons (Fsp3) is 0.571. The number of nitrogens with two attached hydrogens (primary N) is 1. The number of unbranched alkanes of at least 4 members (excludes halogenated alkanes) is 1. The van der Waals surface area contributed by atoms with E-state index >= 15 is 0 Å². The number of nitrogens with one attached hydrogen (secondary N) is 1. The van der Waals surface area contributed by atoms with Gasteiger partial charge in [0.2, 0.25) is 5.78 Å². The summed E-state index contributed by atoms with van der Waals surface area (Å²) in [5.74, 6) is -0.310. The Morgan fingerprint density at radius 2 is 2.00 bits per heavy atom. The molecular weight excluding hydrogens is 374 g/mol. The molecule has 1 aromatic carbocycles. The topological polar surface area (TPSA) is 94.3 Å². The van der Waals surface area contributed by atoms with E-state index in [0.717, 1.165) is 42.3 Å². The minimum absolute atomic E-state index is 0.131. The van der Waals surface area contributed by atoms with E-state index in [0.29, 0.717) is 30.8 Å². The fourth-order valence-corrected chi connectivity index (χ4v) is 4.78. The van der Waals surface area contributed by atoms with E-state index in [9.17, 15) is 9.59 Å². The van der Waals surface area contributed by atoms with Crippen molar-refractivity contribution in [3.8, 4) is 0 Å². The lowest BCUT2D eigenvalue weighted by Crippen LogP contribution is -2.54. The van der Waals surface area contributed by atoms with Gasteiger partial charge in [0, 0.05) is 7.11 Å². The van der Waals surface area contributed by atoms with Gasteiger partial charge in [-0.05, 0) is 50.8 Å². The van der Waals surface area contributed by atoms with Crippen LogP contribution in [0.3, 0.4) is 0 Å². The lowest BCUT2D eigenvalue weighted by molar-refractivity contribution is -0.148. The Morgan fingerprint density at radius 1 is 1.25 bits per heavy atom. The number of thiazole rings is 1. The maximum Gasteiger partial charge on any atom is 0.252 e. The van der Waals surface area contributed by atoms with E-state index in [1.54, 1.807) is 7.11 Å². The normalized spacial score (nSPS) is 17.4. The number of hydrogen-bond acceptors (Lipinski definition) is 6. The molecule has 0 radical (unpaired) electrons. The molecule has 7 heteroatoms. The minimum atomic E-state index is -0.821. The van der Waals surface area contributed by atoms with E-state index in [1.807, 2.05) is 24.3 Å². The number of ketones is 1. The molecule has 3 N–H and O–H groups in total. The number of Topliss-reactive ketones (excluding diaryl/α,β-unsaturated/α-hetero) is 1. The molecule has 2 aromatic rings. The maximum absolute atomic E-state index is 13.2. The molecule has 1 aliphatic rings. The number of carbonyl (C=O) groups excluding carboxylic acids is 2. The van der Waals surface area contributed by atoms with Gasteiger partial charge in [-0.3, -0.25) is 9.59 Å². The molecule has 0 bridgehead atoms. The number of rotatable bonds is 9. The van der Waals surface area contributed by atoms with Crippen LogP contribution in [0, 0.1) is 0 Å². The van der Waals surface area contributed by atoms with E-state index in [4.69, 9.17) is 10.5 Å². The summed E-state index contributed by atoms with van der Waals surface area (Å²) in [7, 11) is 1.59. The summed E-state index contributed by atoms with van der Waals surface area (Å²) >= 11 is 1.37. The Hall–Kier alpha value is -1.83. The van der Waals surface area contributed by atoms with Crippen LogP contribution in [0.4, 0.5) is 0 Å². The monoisotopic (exact) mass is 403 g/mol. The molecule has 1 aliphatic carbocycles. The van der Waals surface area contributed by atoms with Crippen LogP contribution in [0.2, 0.25) is 0 Å². The highest BCUT2D eigenvalue weighted by atomic mass is 32.1. The molecule has 1 aromatic heterocycles. The predicted octanol–water partition coefficient (Wildman–Crippen LogP) is 3.44. The molecule has 0 aliphatic heterocycles. The summed E-state index contributed by atoms with van der Waals surface area (Å²) in [5.41, 5.74) is 5.60. The second-order valence-electron chi connectivity index (χ2n) is 7.42. The Balaban J connectivity index is 1.79. The first-order valence-corrected chi connectivity index (χ1v) is 10.9. The number of fused-ring (bicyclic) bond motifs is 1. The highest BCUT2D eigenvalue weighted by Gasteiger charge is 2.41. The lowest BCUT2D eigenvalue weighted by Gasteiger charge is -2.35. The van der Waals surface area contributed by atoms with Gasteiger partial charge in [-0.2, -0.15) is 0 Å². The second-order valence-corrected chi connectivity index (χ2v) is 8.45. The summed E-state index contributed by atoms with van der Waals surface area (Å²) < 4.78 is 6.62. The van der Waals surface area contributed by atoms with Crippen molar-refractivity contribution in [1.82, 2.24) is 10.3 Å². The summed E-state index contributed by atoms with van der Waals surface area (Å²) in [6, 6.07) is 7.08. The van der Waals surface area contributed by atoms with Crippen molar-refractivity contribution in [3.63, 3.8) is 0 Å². The van der Waals surface area contributed by atoms with Crippen LogP contribution in [-0.2, 0) is 9.53 Å². The zero-order valence-corrected chi connectivity index (χ0v) is 17.2. The predicted molar refractivity (Wildman–Crippen MR) is 112 cm³/mol. The Kier molecular flexibility index (Phi) is 7.15. The Morgan fingerprint density at radius 3 is 2.68 bits per heavy atom. The van der Waals surface area contributed by atoms with Crippen molar-refractivity contribution in [2.24, 2.45) is 5.73 Å². The van der Waals surface area contributed by atoms with Gasteiger partial charge in [-0.1, -0.05) is 31.4 Å². The minimum Gasteiger partial charge on any atom is -0.368 e. The molecular formula is C21H29N3O3S. The molecule has 1 unspecified atom stereocenters. The molecule has 1 amide bonds. The third-order valence-electron chi connectivity index (χ3n) is 5.54. The lowest BCUT2D eigenvalue weighted by atomic mass is 9.83. The van der Waals surface area contributed by atoms with E-state index in [-0.39, 0.29) is 11.7 Å². The first-order valence-electron chi connectivity index (χ1n) is 10.1. The Bertz CT molecular complexity index is 781. The van der Waals surface area contributed by atoms with Gasteiger partial charge in [0.15, 0.2) is 5.01 Å². The number of aromatic nitrogens is 1. The number of amides is 1. The van der Waals surface area contributed by atoms with Gasteiger partial charge in [0.1, 0.15) is 5.60 Å². The smallest absolute Gasteiger partial charge is 0.252 e. The average molecular weight is 404 g/mol. The summed E-state index contributed by atoms with van der Waals surface area (Å²) in [5, 5.41) is 3.43. The molecule has 28 heavy (non-hydrogen) atoms. The number of benzene rings is 1. The van der Waals surface area contributed by atoms with Gasteiger partial charge < -0.3 is 15.8 Å². The molecule has 1 heterocycles. The quantitative estimate of drug-likeness (QED) is 0.494. The highest BCUT2D eigenvalue weighted by molar-refractivity contribution is 7.20. The van der Waals surface area contributed by atoms with Gasteiger partial charge in [-0.25, -0.2) is 4.98 Å². The molecule has 152 valence electrons. The van der Waals surface area contributed by atoms with Crippen LogP contribution in [-0.4, -0.2) is 42.0 Å². The van der Waals surface area contributed by atoms with E-state index in [2.05, 4.69) is 10.3 Å². The van der Waals surface area contributed by atoms with E-state index < -0.39 is 11.6 Å². The molecule has 1 atom stereocenters. The van der Waals surface area contributed by atoms with Gasteiger partial charge >= 0.3 is 0 Å². The molecule has 6 nitrogen and oxygen atoms in total. The third-order valence-corrected chi connectivity index (χ3v) is 6.59. The van der Waals surface area contributed by atoms with E-state index in [1.165, 1.54) is 11.3 Å². The summed E-state index contributed by atoms with van der Waals surface area (Å²) in [4.78, 5) is 30.7. The highest BCUT2D eigenvalue weighted by Crippen LogP contribution is 2.32. The SMILES string of the molecule is COC1(C(=O)NC(CCCCN)C(=O)c2nc3ccccc3s2)CCCCC1. The zero-order valence-electron chi connectivity index (χ0n) is 16.4. The van der Waals surface area contributed by atoms with Crippen LogP contribution in [0.15, 0.2) is 24.3 Å². The molecule has 1 saturated carbocycles. The molecule has 0 spiro atoms. The van der Waals surface area contributed by atoms with Crippen LogP contribution >= 0.6 is 11.3 Å². The summed E-state index contributed by atoms with van der Waals surface area (Å²) in [6.45, 7) is 0.567. The van der Waals surface area contributed by atoms with Crippen LogP contribution < -0.4 is 11.1 Å². The van der Waals surface area contributed by atoms with Crippen LogP contribution in [0.5, 0.6) is 0 Å². The first-order chi connectivity index (χ1) is 13.6. The number of hydrogen-bond donors (Lipinski definition) is 2. The molecule has 1 fully saturated rings. The third kappa shape index (κ3) is 4.59. The number of carbonyl (C=O) groups is 2.